The molecule has 6 nitrogen and oxygen atoms in total. The summed E-state index contributed by atoms with van der Waals surface area (Å²) in [6.45, 7) is 2.26. The van der Waals surface area contributed by atoms with Gasteiger partial charge >= 0.3 is 43.1 Å². The van der Waals surface area contributed by atoms with Crippen LogP contribution < -0.4 is 10.2 Å². The molecule has 0 fully saturated rings. The van der Waals surface area contributed by atoms with Crippen LogP contribution in [-0.2, 0) is 4.74 Å². The van der Waals surface area contributed by atoms with Crippen molar-refractivity contribution in [1.29, 1.82) is 0 Å². The van der Waals surface area contributed by atoms with E-state index in [2.05, 4.69) is 16.4 Å². The number of amides is 2. The minimum atomic E-state index is -0.395. The van der Waals surface area contributed by atoms with Crippen LogP contribution in [0.15, 0.2) is 66.7 Å². The molecule has 0 aliphatic heterocycles. The third-order valence-corrected chi connectivity index (χ3v) is 4.17. The molecule has 0 radical (unpaired) electrons. The maximum Gasteiger partial charge on any atom is 2.00 e. The number of carbonyl (C=O) groups excluding carboxylic acids is 2. The second kappa shape index (κ2) is 11.5. The number of rotatable bonds is 6. The van der Waals surface area contributed by atoms with Crippen LogP contribution in [0.2, 0.25) is 0 Å². The Morgan fingerprint density at radius 1 is 1.10 bits per heavy atom. The van der Waals surface area contributed by atoms with Crippen molar-refractivity contribution in [2.45, 2.75) is 6.92 Å². The number of benzene rings is 2. The van der Waals surface area contributed by atoms with Crippen molar-refractivity contribution in [1.82, 2.24) is 4.98 Å². The monoisotopic (exact) mass is 625 g/mol. The average molecular weight is 625 g/mol. The molecule has 7 heteroatoms. The van der Waals surface area contributed by atoms with Gasteiger partial charge in [-0.1, -0.05) is 36.9 Å². The number of anilines is 2. The fourth-order valence-electron chi connectivity index (χ4n) is 2.73. The predicted molar refractivity (Wildman–Crippen MR) is 113 cm³/mol. The molecular weight excluding hydrogens is 604 g/mol. The molecule has 1 aromatic heterocycles. The molecule has 2 amide bonds. The zero-order valence-corrected chi connectivity index (χ0v) is 20.9. The van der Waals surface area contributed by atoms with Gasteiger partial charge in [-0.15, -0.1) is 0 Å². The number of nitrogens with one attached hydrogen (secondary N) is 1. The number of esters is 1. The molecular formula is C23H21N3O3U. The molecule has 1 N–H and O–H groups in total. The standard InChI is InChI=1S/C23H21N3O3.U/c1-3-16-26(23(28)24-19-8-5-4-6-9-19)21-11-7-10-20(25-21)17-12-14-18(15-13-17)22(27)29-2;/h3-10,12-15H,16H2,1-2H3,(H,24,28);/q-2;+2. The second-order valence-electron chi connectivity index (χ2n) is 6.18. The second-order valence-corrected chi connectivity index (χ2v) is 6.18. The average Bonchev–Trinajstić information content (AvgIpc) is 2.77. The van der Waals surface area contributed by atoms with Crippen LogP contribution in [0.4, 0.5) is 16.3 Å². The van der Waals surface area contributed by atoms with E-state index >= 15 is 0 Å². The molecule has 0 aliphatic rings. The van der Waals surface area contributed by atoms with Crippen LogP contribution in [0.3, 0.4) is 0 Å². The quantitative estimate of drug-likeness (QED) is 0.322. The SMILES string of the molecule is C[CH-]CN(C(=O)Nc1ccccc1)c1[c-]ccc(-c2ccc(C(=O)OC)cc2)n1.[U+2]. The number of nitrogens with zero attached hydrogens (tertiary/aromatic N) is 2. The van der Waals surface area contributed by atoms with Crippen molar-refractivity contribution < 1.29 is 45.4 Å². The summed E-state index contributed by atoms with van der Waals surface area (Å²) in [5, 5.41) is 2.87. The molecule has 30 heavy (non-hydrogen) atoms. The molecule has 3 rings (SSSR count). The molecule has 0 bridgehead atoms. The first-order chi connectivity index (χ1) is 14.1. The molecule has 0 saturated heterocycles. The van der Waals surface area contributed by atoms with Gasteiger partial charge in [-0.05, 0) is 35.5 Å². The Morgan fingerprint density at radius 3 is 2.43 bits per heavy atom. The summed E-state index contributed by atoms with van der Waals surface area (Å²) in [6.07, 6.45) is 1.87. The van der Waals surface area contributed by atoms with E-state index < -0.39 is 5.97 Å². The van der Waals surface area contributed by atoms with Crippen molar-refractivity contribution >= 4 is 23.5 Å². The Balaban J connectivity index is 0.00000320. The van der Waals surface area contributed by atoms with Gasteiger partial charge in [0.2, 0.25) is 0 Å². The minimum Gasteiger partial charge on any atom is -0.465 e. The van der Waals surface area contributed by atoms with E-state index in [-0.39, 0.29) is 37.1 Å². The third-order valence-electron chi connectivity index (χ3n) is 4.17. The van der Waals surface area contributed by atoms with Gasteiger partial charge < -0.3 is 21.4 Å². The van der Waals surface area contributed by atoms with Crippen molar-refractivity contribution in [2.24, 2.45) is 0 Å². The molecule has 150 valence electrons. The first-order valence-electron chi connectivity index (χ1n) is 9.11. The van der Waals surface area contributed by atoms with Gasteiger partial charge in [0.15, 0.2) is 0 Å². The molecule has 2 aromatic carbocycles. The van der Waals surface area contributed by atoms with Crippen LogP contribution >= 0.6 is 0 Å². The van der Waals surface area contributed by atoms with Crippen LogP contribution in [0.1, 0.15) is 17.3 Å². The fraction of sp³-hybridized carbons (Fsp3) is 0.130. The Labute approximate surface area is 200 Å². The number of pyridine rings is 1. The van der Waals surface area contributed by atoms with Gasteiger partial charge in [0.1, 0.15) is 0 Å². The van der Waals surface area contributed by atoms with Gasteiger partial charge in [-0.2, -0.15) is 13.0 Å². The van der Waals surface area contributed by atoms with E-state index in [4.69, 9.17) is 4.74 Å². The van der Waals surface area contributed by atoms with Crippen LogP contribution in [0.25, 0.3) is 11.3 Å². The number of carbonyl (C=O) groups is 2. The van der Waals surface area contributed by atoms with Crippen molar-refractivity contribution in [3.8, 4) is 11.3 Å². The first-order valence-corrected chi connectivity index (χ1v) is 9.11. The maximum atomic E-state index is 12.8. The van der Waals surface area contributed by atoms with Gasteiger partial charge in [-0.3, -0.25) is 4.98 Å². The Kier molecular flexibility index (Phi) is 9.10. The molecule has 0 atom stereocenters. The summed E-state index contributed by atoms with van der Waals surface area (Å²) >= 11 is 0. The number of hydrogen-bond donors (Lipinski definition) is 1. The van der Waals surface area contributed by atoms with Gasteiger partial charge in [0.05, 0.1) is 12.7 Å². The number of hydrogen-bond acceptors (Lipinski definition) is 4. The van der Waals surface area contributed by atoms with Crippen LogP contribution in [0, 0.1) is 43.6 Å². The van der Waals surface area contributed by atoms with E-state index in [0.717, 1.165) is 5.56 Å². The number of aromatic nitrogens is 1. The van der Waals surface area contributed by atoms with E-state index in [1.807, 2.05) is 43.7 Å². The molecule has 0 unspecified atom stereocenters. The van der Waals surface area contributed by atoms with Crippen LogP contribution in [0.5, 0.6) is 0 Å². The molecule has 1 heterocycles. The molecule has 3 aromatic rings. The summed E-state index contributed by atoms with van der Waals surface area (Å²) < 4.78 is 4.72. The number of ether oxygens (including phenoxy) is 1. The first kappa shape index (κ1) is 23.7. The number of methoxy groups -OCH3 is 1. The van der Waals surface area contributed by atoms with Crippen molar-refractivity contribution in [2.75, 3.05) is 23.9 Å². The number of para-hydroxylation sites is 1. The minimum absolute atomic E-state index is 0. The normalized spacial score (nSPS) is 9.93. The summed E-state index contributed by atoms with van der Waals surface area (Å²) in [6, 6.07) is 22.4. The van der Waals surface area contributed by atoms with Crippen molar-refractivity contribution in [3.63, 3.8) is 0 Å². The molecule has 0 aliphatic carbocycles. The smallest absolute Gasteiger partial charge is 0.465 e. The van der Waals surface area contributed by atoms with Crippen molar-refractivity contribution in [3.05, 3.63) is 84.8 Å². The number of urea groups is 1. The topological polar surface area (TPSA) is 71.5 Å². The molecule has 0 spiro atoms. The van der Waals surface area contributed by atoms with Gasteiger partial charge in [0, 0.05) is 11.5 Å². The maximum absolute atomic E-state index is 12.8. The van der Waals surface area contributed by atoms with Gasteiger partial charge in [0.25, 0.3) is 0 Å². The Hall–Kier alpha value is -2.62. The molecule has 0 saturated carbocycles. The largest absolute Gasteiger partial charge is 2.00 e. The van der Waals surface area contributed by atoms with E-state index in [1.54, 1.807) is 36.4 Å². The predicted octanol–water partition coefficient (Wildman–Crippen LogP) is 4.60. The van der Waals surface area contributed by atoms with E-state index in [9.17, 15) is 9.59 Å². The summed E-state index contributed by atoms with van der Waals surface area (Å²) in [4.78, 5) is 30.5. The summed E-state index contributed by atoms with van der Waals surface area (Å²) in [7, 11) is 1.34. The van der Waals surface area contributed by atoms with Gasteiger partial charge in [-0.25, -0.2) is 21.7 Å². The Bertz CT molecular complexity index is 978. The summed E-state index contributed by atoms with van der Waals surface area (Å²) in [5.41, 5.74) is 2.65. The summed E-state index contributed by atoms with van der Waals surface area (Å²) in [5.74, 6) is 0.0138. The Morgan fingerprint density at radius 2 is 1.80 bits per heavy atom. The van der Waals surface area contributed by atoms with E-state index in [0.29, 0.717) is 29.3 Å². The third kappa shape index (κ3) is 5.94. The zero-order chi connectivity index (χ0) is 20.6. The van der Waals surface area contributed by atoms with E-state index in [1.165, 1.54) is 12.0 Å². The van der Waals surface area contributed by atoms with Crippen LogP contribution in [-0.4, -0.2) is 30.6 Å². The zero-order valence-electron chi connectivity index (χ0n) is 16.8. The fourth-order valence-corrected chi connectivity index (χ4v) is 2.73.